The molecular weight excluding hydrogens is 318 g/mol. The topological polar surface area (TPSA) is 68.0 Å². The number of halogens is 4. The third-order valence-corrected chi connectivity index (χ3v) is 3.63. The van der Waals surface area contributed by atoms with E-state index in [1.807, 2.05) is 0 Å². The van der Waals surface area contributed by atoms with Crippen molar-refractivity contribution in [2.75, 3.05) is 0 Å². The third kappa shape index (κ3) is 2.72. The van der Waals surface area contributed by atoms with E-state index in [2.05, 4.69) is 10.1 Å². The second kappa shape index (κ2) is 5.41. The van der Waals surface area contributed by atoms with Gasteiger partial charge in [-0.25, -0.2) is 14.1 Å². The number of alkyl halides is 4. The fourth-order valence-electron chi connectivity index (χ4n) is 2.51. The van der Waals surface area contributed by atoms with Crippen molar-refractivity contribution in [1.82, 2.24) is 14.8 Å². The van der Waals surface area contributed by atoms with Gasteiger partial charge in [-0.05, 0) is 5.56 Å². The summed E-state index contributed by atoms with van der Waals surface area (Å²) in [5.41, 5.74) is 0.703. The summed E-state index contributed by atoms with van der Waals surface area (Å²) < 4.78 is 52.4. The molecule has 9 heteroatoms. The van der Waals surface area contributed by atoms with Crippen LogP contribution in [0.15, 0.2) is 30.3 Å². The van der Waals surface area contributed by atoms with Crippen LogP contribution in [0.25, 0.3) is 0 Å². The zero-order valence-corrected chi connectivity index (χ0v) is 11.5. The van der Waals surface area contributed by atoms with E-state index in [4.69, 9.17) is 5.11 Å². The zero-order chi connectivity index (χ0) is 16.8. The van der Waals surface area contributed by atoms with Crippen molar-refractivity contribution in [2.24, 2.45) is 0 Å². The average molecular weight is 329 g/mol. The first kappa shape index (κ1) is 15.6. The summed E-state index contributed by atoms with van der Waals surface area (Å²) in [6.45, 7) is 0. The Morgan fingerprint density at radius 3 is 2.57 bits per heavy atom. The zero-order valence-electron chi connectivity index (χ0n) is 11.5. The number of aliphatic hydroxyl groups excluding tert-OH is 1. The van der Waals surface area contributed by atoms with Crippen LogP contribution in [-0.4, -0.2) is 37.9 Å². The predicted octanol–water partition coefficient (Wildman–Crippen LogP) is 2.39. The van der Waals surface area contributed by atoms with Crippen molar-refractivity contribution in [3.8, 4) is 0 Å². The van der Waals surface area contributed by atoms with Gasteiger partial charge in [-0.3, -0.25) is 4.79 Å². The molecule has 1 N–H and O–H groups in total. The van der Waals surface area contributed by atoms with Gasteiger partial charge in [0, 0.05) is 6.42 Å². The van der Waals surface area contributed by atoms with Gasteiger partial charge in [0.05, 0.1) is 6.04 Å². The van der Waals surface area contributed by atoms with Gasteiger partial charge in [-0.1, -0.05) is 30.3 Å². The van der Waals surface area contributed by atoms with E-state index in [1.165, 1.54) is 0 Å². The molecule has 1 aliphatic rings. The highest BCUT2D eigenvalue weighted by Gasteiger charge is 2.46. The molecule has 3 atom stereocenters. The molecule has 3 rings (SSSR count). The minimum Gasteiger partial charge on any atom is -0.377 e. The molecule has 0 radical (unpaired) electrons. The van der Waals surface area contributed by atoms with Gasteiger partial charge in [-0.15, -0.1) is 5.10 Å². The maximum Gasteiger partial charge on any atom is 0.422 e. The molecule has 0 spiro atoms. The molecule has 0 aliphatic carbocycles. The van der Waals surface area contributed by atoms with Gasteiger partial charge in [0.2, 0.25) is 17.7 Å². The van der Waals surface area contributed by atoms with E-state index in [0.717, 1.165) is 4.68 Å². The Morgan fingerprint density at radius 2 is 1.96 bits per heavy atom. The molecule has 0 saturated carbocycles. The fraction of sp³-hybridized carbons (Fsp3) is 0.357. The van der Waals surface area contributed by atoms with Gasteiger partial charge in [0.1, 0.15) is 0 Å². The molecular formula is C14H11F4N3O2. The number of carbonyl (C=O) groups is 1. The standard InChI is InChI=1S/C14H11F4N3O2/c15-8-6-9(7-4-2-1-3-5-7)21-13(8)19-12(20-21)10(22)11(23)14(16,17)18/h1-5,8-9,11,23H,6H2. The van der Waals surface area contributed by atoms with Crippen LogP contribution in [-0.2, 0) is 0 Å². The summed E-state index contributed by atoms with van der Waals surface area (Å²) in [5, 5.41) is 12.7. The Labute approximate surface area is 127 Å². The highest BCUT2D eigenvalue weighted by atomic mass is 19.4. The van der Waals surface area contributed by atoms with Crippen LogP contribution in [0.1, 0.15) is 40.6 Å². The van der Waals surface area contributed by atoms with Crippen LogP contribution in [0, 0.1) is 0 Å². The summed E-state index contributed by atoms with van der Waals surface area (Å²) in [6.07, 6.45) is -9.85. The van der Waals surface area contributed by atoms with E-state index in [0.29, 0.717) is 5.56 Å². The van der Waals surface area contributed by atoms with E-state index in [1.54, 1.807) is 30.3 Å². The lowest BCUT2D eigenvalue weighted by molar-refractivity contribution is -0.186. The lowest BCUT2D eigenvalue weighted by Gasteiger charge is -2.12. The fourth-order valence-corrected chi connectivity index (χ4v) is 2.51. The first-order valence-electron chi connectivity index (χ1n) is 6.73. The summed E-state index contributed by atoms with van der Waals surface area (Å²) in [4.78, 5) is 15.2. The SMILES string of the molecule is O=C(c1nc2n(n1)C(c1ccccc1)CC2F)C(O)C(F)(F)F. The highest BCUT2D eigenvalue weighted by Crippen LogP contribution is 2.39. The number of fused-ring (bicyclic) bond motifs is 1. The minimum atomic E-state index is -5.12. The molecule has 23 heavy (non-hydrogen) atoms. The molecule has 2 aromatic rings. The average Bonchev–Trinajstić information content (AvgIpc) is 3.07. The number of carbonyl (C=O) groups excluding carboxylic acids is 1. The predicted molar refractivity (Wildman–Crippen MR) is 69.5 cm³/mol. The second-order valence-electron chi connectivity index (χ2n) is 5.18. The first-order valence-corrected chi connectivity index (χ1v) is 6.73. The minimum absolute atomic E-state index is 0.0373. The molecule has 122 valence electrons. The number of aromatic nitrogens is 3. The van der Waals surface area contributed by atoms with Crippen LogP contribution >= 0.6 is 0 Å². The van der Waals surface area contributed by atoms with Crippen molar-refractivity contribution < 1.29 is 27.5 Å². The molecule has 1 aromatic carbocycles. The summed E-state index contributed by atoms with van der Waals surface area (Å²) in [5.74, 6) is -2.75. The lowest BCUT2D eigenvalue weighted by atomic mass is 10.0. The number of ketones is 1. The van der Waals surface area contributed by atoms with Crippen LogP contribution in [0.5, 0.6) is 0 Å². The Kier molecular flexibility index (Phi) is 3.67. The summed E-state index contributed by atoms with van der Waals surface area (Å²) >= 11 is 0. The number of hydrogen-bond acceptors (Lipinski definition) is 4. The Bertz CT molecular complexity index is 729. The van der Waals surface area contributed by atoms with Gasteiger partial charge in [-0.2, -0.15) is 13.2 Å². The van der Waals surface area contributed by atoms with E-state index >= 15 is 0 Å². The summed E-state index contributed by atoms with van der Waals surface area (Å²) in [6, 6.07) is 8.12. The normalized spacial score (nSPS) is 22.0. The molecule has 1 aromatic heterocycles. The van der Waals surface area contributed by atoms with Crippen LogP contribution in [0.2, 0.25) is 0 Å². The Balaban J connectivity index is 1.95. The molecule has 1 aliphatic heterocycles. The first-order chi connectivity index (χ1) is 10.8. The van der Waals surface area contributed by atoms with Crippen molar-refractivity contribution in [3.05, 3.63) is 47.5 Å². The maximum absolute atomic E-state index is 14.0. The molecule has 0 amide bonds. The van der Waals surface area contributed by atoms with Crippen molar-refractivity contribution in [1.29, 1.82) is 0 Å². The van der Waals surface area contributed by atoms with Crippen molar-refractivity contribution >= 4 is 5.78 Å². The van der Waals surface area contributed by atoms with Gasteiger partial charge in [0.15, 0.2) is 12.0 Å². The lowest BCUT2D eigenvalue weighted by Crippen LogP contribution is -2.37. The van der Waals surface area contributed by atoms with Crippen LogP contribution in [0.3, 0.4) is 0 Å². The quantitative estimate of drug-likeness (QED) is 0.693. The number of benzene rings is 1. The van der Waals surface area contributed by atoms with Gasteiger partial charge in [0.25, 0.3) is 0 Å². The molecule has 0 bridgehead atoms. The number of Topliss-reactive ketones (excluding diaryl/α,β-unsaturated/α-hetero) is 1. The van der Waals surface area contributed by atoms with Gasteiger partial charge >= 0.3 is 6.18 Å². The van der Waals surface area contributed by atoms with E-state index in [-0.39, 0.29) is 12.2 Å². The third-order valence-electron chi connectivity index (χ3n) is 3.63. The maximum atomic E-state index is 14.0. The Hall–Kier alpha value is -2.29. The van der Waals surface area contributed by atoms with Crippen molar-refractivity contribution in [3.63, 3.8) is 0 Å². The number of nitrogens with zero attached hydrogens (tertiary/aromatic N) is 3. The second-order valence-corrected chi connectivity index (χ2v) is 5.18. The summed E-state index contributed by atoms with van der Waals surface area (Å²) in [7, 11) is 0. The van der Waals surface area contributed by atoms with E-state index < -0.39 is 36.1 Å². The Morgan fingerprint density at radius 1 is 1.30 bits per heavy atom. The highest BCUT2D eigenvalue weighted by molar-refractivity contribution is 5.96. The molecule has 2 heterocycles. The van der Waals surface area contributed by atoms with E-state index in [9.17, 15) is 22.4 Å². The monoisotopic (exact) mass is 329 g/mol. The van der Waals surface area contributed by atoms with Gasteiger partial charge < -0.3 is 5.11 Å². The number of hydrogen-bond donors (Lipinski definition) is 1. The smallest absolute Gasteiger partial charge is 0.377 e. The number of aliphatic hydroxyl groups is 1. The molecule has 0 fully saturated rings. The molecule has 3 unspecified atom stereocenters. The van der Waals surface area contributed by atoms with Crippen LogP contribution < -0.4 is 0 Å². The molecule has 5 nitrogen and oxygen atoms in total. The number of rotatable bonds is 3. The van der Waals surface area contributed by atoms with Crippen molar-refractivity contribution in [2.45, 2.75) is 30.9 Å². The van der Waals surface area contributed by atoms with Crippen LogP contribution in [0.4, 0.5) is 17.6 Å². The largest absolute Gasteiger partial charge is 0.422 e. The molecule has 0 saturated heterocycles.